The second-order valence-corrected chi connectivity index (χ2v) is 8.90. The number of amides is 2. The van der Waals surface area contributed by atoms with Crippen molar-refractivity contribution >= 4 is 34.7 Å². The number of rotatable bonds is 4. The van der Waals surface area contributed by atoms with E-state index in [4.69, 9.17) is 16.3 Å². The monoisotopic (exact) mass is 462 g/mol. The third-order valence-electron chi connectivity index (χ3n) is 6.22. The van der Waals surface area contributed by atoms with Crippen LogP contribution in [0.15, 0.2) is 66.7 Å². The Labute approximate surface area is 199 Å². The molecule has 0 bridgehead atoms. The molecule has 0 spiro atoms. The van der Waals surface area contributed by atoms with Crippen LogP contribution in [0.1, 0.15) is 5.56 Å². The SMILES string of the molecule is CN1CCN(c2cc3c(cc2Cl)CCN3C(=O)Nc2ccc(Oc3ccccc3)cc2)CC1. The number of likely N-dealkylation sites (N-methyl/N-ethyl adjacent to an activating group) is 1. The van der Waals surface area contributed by atoms with Gasteiger partial charge in [0.2, 0.25) is 0 Å². The highest BCUT2D eigenvalue weighted by molar-refractivity contribution is 6.33. The highest BCUT2D eigenvalue weighted by Gasteiger charge is 2.28. The van der Waals surface area contributed by atoms with Crippen molar-refractivity contribution in [1.29, 1.82) is 0 Å². The van der Waals surface area contributed by atoms with E-state index >= 15 is 0 Å². The van der Waals surface area contributed by atoms with Crippen LogP contribution in [0.4, 0.5) is 21.9 Å². The molecule has 0 aliphatic carbocycles. The summed E-state index contributed by atoms with van der Waals surface area (Å²) in [4.78, 5) is 19.5. The molecule has 0 atom stereocenters. The molecular weight excluding hydrogens is 436 g/mol. The first-order chi connectivity index (χ1) is 16.1. The van der Waals surface area contributed by atoms with Gasteiger partial charge in [0.15, 0.2) is 0 Å². The molecule has 2 aliphatic heterocycles. The van der Waals surface area contributed by atoms with Crippen LogP contribution in [0.2, 0.25) is 5.02 Å². The number of piperazine rings is 1. The maximum Gasteiger partial charge on any atom is 0.326 e. The minimum atomic E-state index is -0.142. The predicted octanol–water partition coefficient (Wildman–Crippen LogP) is 5.48. The molecular formula is C26H27ClN4O2. The van der Waals surface area contributed by atoms with E-state index in [9.17, 15) is 4.79 Å². The van der Waals surface area contributed by atoms with E-state index in [1.54, 1.807) is 4.90 Å². The van der Waals surface area contributed by atoms with Crippen molar-refractivity contribution in [3.63, 3.8) is 0 Å². The number of carbonyl (C=O) groups excluding carboxylic acids is 1. The fourth-order valence-electron chi connectivity index (χ4n) is 4.32. The van der Waals surface area contributed by atoms with Crippen LogP contribution >= 0.6 is 11.6 Å². The van der Waals surface area contributed by atoms with Gasteiger partial charge in [0.1, 0.15) is 11.5 Å². The van der Waals surface area contributed by atoms with Crippen molar-refractivity contribution in [3.05, 3.63) is 77.3 Å². The van der Waals surface area contributed by atoms with Crippen molar-refractivity contribution in [2.45, 2.75) is 6.42 Å². The van der Waals surface area contributed by atoms with Gasteiger partial charge in [-0.05, 0) is 67.6 Å². The number of para-hydroxylation sites is 1. The second kappa shape index (κ2) is 9.33. The van der Waals surface area contributed by atoms with Crippen molar-refractivity contribution in [2.24, 2.45) is 0 Å². The van der Waals surface area contributed by atoms with Gasteiger partial charge in [0.25, 0.3) is 0 Å². The van der Waals surface area contributed by atoms with E-state index in [1.807, 2.05) is 60.7 Å². The third-order valence-corrected chi connectivity index (χ3v) is 6.52. The molecule has 0 radical (unpaired) electrons. The first-order valence-electron chi connectivity index (χ1n) is 11.2. The van der Waals surface area contributed by atoms with Gasteiger partial charge in [-0.3, -0.25) is 4.90 Å². The number of nitrogens with zero attached hydrogens (tertiary/aromatic N) is 3. The summed E-state index contributed by atoms with van der Waals surface area (Å²) in [5.74, 6) is 1.50. The largest absolute Gasteiger partial charge is 0.457 e. The summed E-state index contributed by atoms with van der Waals surface area (Å²) in [5.41, 5.74) is 3.78. The Balaban J connectivity index is 1.28. The lowest BCUT2D eigenvalue weighted by atomic mass is 10.1. The second-order valence-electron chi connectivity index (χ2n) is 8.49. The number of fused-ring (bicyclic) bond motifs is 1. The summed E-state index contributed by atoms with van der Waals surface area (Å²) in [5, 5.41) is 3.77. The first-order valence-corrected chi connectivity index (χ1v) is 11.6. The number of ether oxygens (including phenoxy) is 1. The van der Waals surface area contributed by atoms with Crippen LogP contribution in [0, 0.1) is 0 Å². The van der Waals surface area contributed by atoms with E-state index in [-0.39, 0.29) is 6.03 Å². The number of benzene rings is 3. The topological polar surface area (TPSA) is 48.0 Å². The Morgan fingerprint density at radius 3 is 2.30 bits per heavy atom. The molecule has 33 heavy (non-hydrogen) atoms. The molecule has 6 nitrogen and oxygen atoms in total. The van der Waals surface area contributed by atoms with Gasteiger partial charge in [0.05, 0.1) is 16.4 Å². The van der Waals surface area contributed by atoms with E-state index in [0.717, 1.165) is 71.7 Å². The van der Waals surface area contributed by atoms with Gasteiger partial charge >= 0.3 is 6.03 Å². The highest BCUT2D eigenvalue weighted by atomic mass is 35.5. The zero-order chi connectivity index (χ0) is 22.8. The number of hydrogen-bond donors (Lipinski definition) is 1. The number of urea groups is 1. The molecule has 7 heteroatoms. The lowest BCUT2D eigenvalue weighted by Crippen LogP contribution is -2.44. The van der Waals surface area contributed by atoms with Crippen LogP contribution in [0.3, 0.4) is 0 Å². The summed E-state index contributed by atoms with van der Waals surface area (Å²) in [7, 11) is 2.13. The zero-order valence-electron chi connectivity index (χ0n) is 18.6. The van der Waals surface area contributed by atoms with Gasteiger partial charge in [-0.25, -0.2) is 4.79 Å². The molecule has 2 heterocycles. The van der Waals surface area contributed by atoms with Crippen LogP contribution in [-0.2, 0) is 6.42 Å². The quantitative estimate of drug-likeness (QED) is 0.557. The Bertz CT molecular complexity index is 1130. The van der Waals surface area contributed by atoms with E-state index in [0.29, 0.717) is 6.54 Å². The molecule has 1 N–H and O–H groups in total. The van der Waals surface area contributed by atoms with Crippen LogP contribution in [0.25, 0.3) is 0 Å². The fraction of sp³-hybridized carbons (Fsp3) is 0.269. The number of halogens is 1. The summed E-state index contributed by atoms with van der Waals surface area (Å²) in [6.07, 6.45) is 0.801. The van der Waals surface area contributed by atoms with Crippen molar-refractivity contribution in [1.82, 2.24) is 4.90 Å². The Morgan fingerprint density at radius 1 is 0.879 bits per heavy atom. The summed E-state index contributed by atoms with van der Waals surface area (Å²) in [6.45, 7) is 4.50. The number of anilines is 3. The van der Waals surface area contributed by atoms with E-state index in [1.165, 1.54) is 0 Å². The molecule has 3 aromatic carbocycles. The van der Waals surface area contributed by atoms with Crippen LogP contribution in [-0.4, -0.2) is 50.7 Å². The minimum absolute atomic E-state index is 0.142. The highest BCUT2D eigenvalue weighted by Crippen LogP contribution is 2.38. The van der Waals surface area contributed by atoms with Crippen LogP contribution < -0.4 is 19.9 Å². The van der Waals surface area contributed by atoms with Gasteiger partial charge in [-0.1, -0.05) is 29.8 Å². The first kappa shape index (κ1) is 21.6. The Hall–Kier alpha value is -3.22. The summed E-state index contributed by atoms with van der Waals surface area (Å²) < 4.78 is 5.83. The average Bonchev–Trinajstić information content (AvgIpc) is 3.24. The summed E-state index contributed by atoms with van der Waals surface area (Å²) >= 11 is 6.62. The molecule has 2 amide bonds. The Morgan fingerprint density at radius 2 is 1.58 bits per heavy atom. The fourth-order valence-corrected chi connectivity index (χ4v) is 4.62. The van der Waals surface area contributed by atoms with Gasteiger partial charge in [-0.2, -0.15) is 0 Å². The Kier molecular flexibility index (Phi) is 6.11. The molecule has 1 fully saturated rings. The minimum Gasteiger partial charge on any atom is -0.457 e. The van der Waals surface area contributed by atoms with E-state index < -0.39 is 0 Å². The smallest absolute Gasteiger partial charge is 0.326 e. The molecule has 0 saturated carbocycles. The third kappa shape index (κ3) is 4.77. The summed E-state index contributed by atoms with van der Waals surface area (Å²) in [6, 6.07) is 21.0. The van der Waals surface area contributed by atoms with Gasteiger partial charge < -0.3 is 19.9 Å². The number of nitrogens with one attached hydrogen (secondary N) is 1. The van der Waals surface area contributed by atoms with Gasteiger partial charge in [0, 0.05) is 38.4 Å². The van der Waals surface area contributed by atoms with E-state index in [2.05, 4.69) is 28.2 Å². The zero-order valence-corrected chi connectivity index (χ0v) is 19.4. The molecule has 0 unspecified atom stereocenters. The normalized spacial score (nSPS) is 15.9. The molecule has 2 aliphatic rings. The predicted molar refractivity (Wildman–Crippen MR) is 134 cm³/mol. The molecule has 0 aromatic heterocycles. The average molecular weight is 463 g/mol. The number of carbonyl (C=O) groups is 1. The van der Waals surface area contributed by atoms with Crippen molar-refractivity contribution < 1.29 is 9.53 Å². The maximum atomic E-state index is 13.1. The van der Waals surface area contributed by atoms with Crippen molar-refractivity contribution in [2.75, 3.05) is 54.9 Å². The maximum absolute atomic E-state index is 13.1. The lowest BCUT2D eigenvalue weighted by molar-refractivity contribution is 0.257. The molecule has 5 rings (SSSR count). The van der Waals surface area contributed by atoms with Crippen molar-refractivity contribution in [3.8, 4) is 11.5 Å². The number of hydrogen-bond acceptors (Lipinski definition) is 4. The van der Waals surface area contributed by atoms with Gasteiger partial charge in [-0.15, -0.1) is 0 Å². The molecule has 1 saturated heterocycles. The molecule has 170 valence electrons. The molecule has 3 aromatic rings. The standard InChI is InChI=1S/C26H27ClN4O2/c1-29-13-15-30(16-14-29)25-18-24-19(17-23(25)27)11-12-31(24)26(32)28-20-7-9-22(10-8-20)33-21-5-3-2-4-6-21/h2-10,17-18H,11-16H2,1H3,(H,28,32). The lowest BCUT2D eigenvalue weighted by Gasteiger charge is -2.35. The van der Waals surface area contributed by atoms with Crippen LogP contribution in [0.5, 0.6) is 11.5 Å².